The van der Waals surface area contributed by atoms with E-state index in [1.807, 2.05) is 30.3 Å². The Hall–Kier alpha value is -1.92. The first-order valence-electron chi connectivity index (χ1n) is 5.88. The van der Waals surface area contributed by atoms with Gasteiger partial charge in [-0.05, 0) is 45.8 Å². The van der Waals surface area contributed by atoms with Crippen LogP contribution in [0.25, 0.3) is 11.3 Å². The van der Waals surface area contributed by atoms with Crippen LogP contribution in [-0.2, 0) is 0 Å². The molecular formula is C14H10BrN3OS. The van der Waals surface area contributed by atoms with E-state index < -0.39 is 0 Å². The zero-order chi connectivity index (χ0) is 13.9. The van der Waals surface area contributed by atoms with Crippen molar-refractivity contribution in [2.45, 2.75) is 0 Å². The molecule has 0 aliphatic heterocycles. The molecule has 0 saturated carbocycles. The van der Waals surface area contributed by atoms with Gasteiger partial charge in [-0.25, -0.2) is 4.98 Å². The van der Waals surface area contributed by atoms with Crippen LogP contribution >= 0.6 is 27.3 Å². The van der Waals surface area contributed by atoms with Gasteiger partial charge in [0.1, 0.15) is 0 Å². The molecule has 0 bridgehead atoms. The fraction of sp³-hybridized carbons (Fsp3) is 0. The number of thiophene rings is 1. The summed E-state index contributed by atoms with van der Waals surface area (Å²) in [6.45, 7) is 0. The van der Waals surface area contributed by atoms with Gasteiger partial charge in [0.05, 0.1) is 26.9 Å². The van der Waals surface area contributed by atoms with Crippen molar-refractivity contribution in [1.29, 1.82) is 0 Å². The van der Waals surface area contributed by atoms with Crippen LogP contribution in [0.5, 0.6) is 0 Å². The van der Waals surface area contributed by atoms with Crippen LogP contribution in [0.15, 0.2) is 52.7 Å². The maximum atomic E-state index is 12.0. The molecule has 0 aliphatic rings. The molecule has 1 aromatic carbocycles. The Morgan fingerprint density at radius 3 is 2.60 bits per heavy atom. The van der Waals surface area contributed by atoms with Crippen LogP contribution in [0.4, 0.5) is 5.69 Å². The van der Waals surface area contributed by atoms with E-state index in [0.29, 0.717) is 4.88 Å². The van der Waals surface area contributed by atoms with Crippen LogP contribution in [0.3, 0.4) is 0 Å². The van der Waals surface area contributed by atoms with Gasteiger partial charge in [0.25, 0.3) is 5.91 Å². The molecule has 0 unspecified atom stereocenters. The fourth-order valence-corrected chi connectivity index (χ4v) is 3.06. The predicted octanol–water partition coefficient (Wildman–Crippen LogP) is 4.15. The summed E-state index contributed by atoms with van der Waals surface area (Å²) in [6, 6.07) is 11.3. The smallest absolute Gasteiger partial charge is 0.265 e. The van der Waals surface area contributed by atoms with Gasteiger partial charge in [-0.1, -0.05) is 12.1 Å². The number of hydrogen-bond donors (Lipinski definition) is 2. The molecule has 0 atom stereocenters. The Labute approximate surface area is 128 Å². The molecule has 0 fully saturated rings. The van der Waals surface area contributed by atoms with Gasteiger partial charge in [0.15, 0.2) is 0 Å². The molecule has 0 aliphatic carbocycles. The average Bonchev–Trinajstić information content (AvgIpc) is 3.10. The number of imidazole rings is 1. The number of aromatic nitrogens is 2. The summed E-state index contributed by atoms with van der Waals surface area (Å²) in [5.74, 6) is -0.102. The number of hydrogen-bond acceptors (Lipinski definition) is 3. The molecule has 1 amide bonds. The minimum Gasteiger partial charge on any atom is -0.345 e. The number of halogens is 1. The van der Waals surface area contributed by atoms with E-state index in [-0.39, 0.29) is 5.91 Å². The summed E-state index contributed by atoms with van der Waals surface area (Å²) in [5.41, 5.74) is 2.74. The van der Waals surface area contributed by atoms with Crippen molar-refractivity contribution in [2.24, 2.45) is 0 Å². The minimum absolute atomic E-state index is 0.102. The summed E-state index contributed by atoms with van der Waals surface area (Å²) in [6.07, 6.45) is 3.40. The lowest BCUT2D eigenvalue weighted by Crippen LogP contribution is -2.09. The van der Waals surface area contributed by atoms with Crippen molar-refractivity contribution in [3.63, 3.8) is 0 Å². The summed E-state index contributed by atoms with van der Waals surface area (Å²) < 4.78 is 0.942. The number of nitrogens with zero attached hydrogens (tertiary/aromatic N) is 1. The van der Waals surface area contributed by atoms with Crippen molar-refractivity contribution < 1.29 is 4.79 Å². The van der Waals surface area contributed by atoms with E-state index in [1.54, 1.807) is 18.6 Å². The largest absolute Gasteiger partial charge is 0.345 e. The molecule has 2 heterocycles. The highest BCUT2D eigenvalue weighted by molar-refractivity contribution is 9.11. The third-order valence-corrected chi connectivity index (χ3v) is 4.37. The maximum absolute atomic E-state index is 12.0. The summed E-state index contributed by atoms with van der Waals surface area (Å²) in [7, 11) is 0. The average molecular weight is 348 g/mol. The number of rotatable bonds is 3. The van der Waals surface area contributed by atoms with Crippen molar-refractivity contribution in [1.82, 2.24) is 9.97 Å². The number of carbonyl (C=O) groups excluding carboxylic acids is 1. The lowest BCUT2D eigenvalue weighted by molar-refractivity contribution is 0.103. The number of anilines is 1. The van der Waals surface area contributed by atoms with Gasteiger partial charge in [0.2, 0.25) is 0 Å². The molecule has 20 heavy (non-hydrogen) atoms. The third kappa shape index (κ3) is 2.81. The first-order chi connectivity index (χ1) is 9.72. The first-order valence-corrected chi connectivity index (χ1v) is 7.49. The van der Waals surface area contributed by atoms with Gasteiger partial charge in [-0.3, -0.25) is 4.79 Å². The number of carbonyl (C=O) groups is 1. The van der Waals surface area contributed by atoms with Gasteiger partial charge >= 0.3 is 0 Å². The second-order valence-corrected chi connectivity index (χ2v) is 6.56. The number of H-pyrrole nitrogens is 1. The second-order valence-electron chi connectivity index (χ2n) is 4.10. The van der Waals surface area contributed by atoms with Crippen LogP contribution in [0.1, 0.15) is 9.67 Å². The van der Waals surface area contributed by atoms with Crippen molar-refractivity contribution >= 4 is 38.9 Å². The van der Waals surface area contributed by atoms with E-state index in [9.17, 15) is 4.79 Å². The van der Waals surface area contributed by atoms with Gasteiger partial charge in [-0.2, -0.15) is 0 Å². The van der Waals surface area contributed by atoms with Crippen molar-refractivity contribution in [3.8, 4) is 11.3 Å². The lowest BCUT2D eigenvalue weighted by Gasteiger charge is -2.04. The van der Waals surface area contributed by atoms with Gasteiger partial charge in [-0.15, -0.1) is 11.3 Å². The molecule has 0 saturated heterocycles. The van der Waals surface area contributed by atoms with E-state index >= 15 is 0 Å². The summed E-state index contributed by atoms with van der Waals surface area (Å²) in [5, 5.41) is 2.87. The maximum Gasteiger partial charge on any atom is 0.265 e. The van der Waals surface area contributed by atoms with Gasteiger partial charge in [0, 0.05) is 5.69 Å². The number of aromatic amines is 1. The number of amides is 1. The Bertz CT molecular complexity index is 719. The van der Waals surface area contributed by atoms with Crippen LogP contribution in [0, 0.1) is 0 Å². The molecule has 2 N–H and O–H groups in total. The minimum atomic E-state index is -0.102. The zero-order valence-corrected chi connectivity index (χ0v) is 12.7. The summed E-state index contributed by atoms with van der Waals surface area (Å²) in [4.78, 5) is 19.7. The SMILES string of the molecule is O=C(Nc1ccc(-c2cnc[nH]2)cc1)c1ccc(Br)s1. The molecule has 0 spiro atoms. The molecule has 100 valence electrons. The second kappa shape index (κ2) is 5.60. The molecule has 3 rings (SSSR count). The zero-order valence-electron chi connectivity index (χ0n) is 10.3. The third-order valence-electron chi connectivity index (χ3n) is 2.75. The predicted molar refractivity (Wildman–Crippen MR) is 84.0 cm³/mol. The fourth-order valence-electron chi connectivity index (χ4n) is 1.78. The molecular weight excluding hydrogens is 338 g/mol. The van der Waals surface area contributed by atoms with E-state index in [1.165, 1.54) is 11.3 Å². The monoisotopic (exact) mass is 347 g/mol. The number of benzene rings is 1. The highest BCUT2D eigenvalue weighted by Gasteiger charge is 2.08. The molecule has 4 nitrogen and oxygen atoms in total. The molecule has 6 heteroatoms. The van der Waals surface area contributed by atoms with Crippen LogP contribution in [0.2, 0.25) is 0 Å². The number of nitrogens with one attached hydrogen (secondary N) is 2. The lowest BCUT2D eigenvalue weighted by atomic mass is 10.1. The molecule has 2 aromatic heterocycles. The van der Waals surface area contributed by atoms with E-state index in [0.717, 1.165) is 20.7 Å². The topological polar surface area (TPSA) is 57.8 Å². The first kappa shape index (κ1) is 13.1. The van der Waals surface area contributed by atoms with Gasteiger partial charge < -0.3 is 10.3 Å². The normalized spacial score (nSPS) is 10.4. The van der Waals surface area contributed by atoms with Crippen LogP contribution in [-0.4, -0.2) is 15.9 Å². The van der Waals surface area contributed by atoms with Crippen molar-refractivity contribution in [3.05, 3.63) is 57.6 Å². The Morgan fingerprint density at radius 2 is 2.00 bits per heavy atom. The highest BCUT2D eigenvalue weighted by atomic mass is 79.9. The highest BCUT2D eigenvalue weighted by Crippen LogP contribution is 2.24. The van der Waals surface area contributed by atoms with Crippen molar-refractivity contribution in [2.75, 3.05) is 5.32 Å². The Morgan fingerprint density at radius 1 is 1.20 bits per heavy atom. The van der Waals surface area contributed by atoms with Crippen LogP contribution < -0.4 is 5.32 Å². The Kier molecular flexibility index (Phi) is 3.66. The molecule has 3 aromatic rings. The summed E-state index contributed by atoms with van der Waals surface area (Å²) >= 11 is 4.75. The standard InChI is InChI=1S/C14H10BrN3OS/c15-13-6-5-12(20-13)14(19)18-10-3-1-9(2-4-10)11-7-16-8-17-11/h1-8H,(H,16,17)(H,18,19). The van der Waals surface area contributed by atoms with E-state index in [2.05, 4.69) is 31.2 Å². The molecule has 0 radical (unpaired) electrons. The Balaban J connectivity index is 1.74. The quantitative estimate of drug-likeness (QED) is 0.747. The van der Waals surface area contributed by atoms with E-state index in [4.69, 9.17) is 0 Å².